The van der Waals surface area contributed by atoms with Gasteiger partial charge in [-0.2, -0.15) is 0 Å². The van der Waals surface area contributed by atoms with Gasteiger partial charge in [-0.3, -0.25) is 4.79 Å². The average Bonchev–Trinajstić information content (AvgIpc) is 2.12. The third-order valence-corrected chi connectivity index (χ3v) is 1.93. The molecule has 0 heterocycles. The number of carbonyl (C=O) groups is 1. The predicted molar refractivity (Wildman–Crippen MR) is 42.3 cm³/mol. The largest absolute Gasteiger partial charge is 0.790 e. The standard InChI is InChI=1S/C6H13O8P/c7-2-1-4(8)6(10)5(9)3-14-15(11,12)13/h4,6-8,10H,1-3H2,(H2,11,12,13)/p-2. The minimum atomic E-state index is -5.27. The molecule has 8 nitrogen and oxygen atoms in total. The number of Topliss-reactive ketones (excluding diaryl/α,β-unsaturated/α-hetero) is 1. The van der Waals surface area contributed by atoms with Gasteiger partial charge in [0.2, 0.25) is 0 Å². The fourth-order valence-corrected chi connectivity index (χ4v) is 1.02. The average molecular weight is 242 g/mol. The first-order valence-corrected chi connectivity index (χ1v) is 5.40. The van der Waals surface area contributed by atoms with Gasteiger partial charge in [0.05, 0.1) is 13.9 Å². The first-order chi connectivity index (χ1) is 6.78. The number of ketones is 1. The van der Waals surface area contributed by atoms with E-state index in [0.717, 1.165) is 0 Å². The van der Waals surface area contributed by atoms with Crippen molar-refractivity contribution in [3.05, 3.63) is 0 Å². The van der Waals surface area contributed by atoms with E-state index in [2.05, 4.69) is 4.52 Å². The van der Waals surface area contributed by atoms with Gasteiger partial charge >= 0.3 is 0 Å². The van der Waals surface area contributed by atoms with E-state index in [0.29, 0.717) is 0 Å². The van der Waals surface area contributed by atoms with E-state index in [9.17, 15) is 19.1 Å². The molecule has 0 aromatic rings. The summed E-state index contributed by atoms with van der Waals surface area (Å²) in [5.74, 6) is -1.15. The Morgan fingerprint density at radius 3 is 2.33 bits per heavy atom. The zero-order valence-corrected chi connectivity index (χ0v) is 8.50. The fourth-order valence-electron chi connectivity index (χ4n) is 0.733. The Morgan fingerprint density at radius 1 is 1.40 bits per heavy atom. The molecule has 0 aliphatic heterocycles. The van der Waals surface area contributed by atoms with Gasteiger partial charge in [0.15, 0.2) is 5.78 Å². The van der Waals surface area contributed by atoms with Gasteiger partial charge in [-0.05, 0) is 6.42 Å². The van der Waals surface area contributed by atoms with Crippen LogP contribution in [0, 0.1) is 0 Å². The highest BCUT2D eigenvalue weighted by Crippen LogP contribution is 2.24. The molecule has 0 aliphatic carbocycles. The Balaban J connectivity index is 4.05. The molecular weight excluding hydrogens is 231 g/mol. The Kier molecular flexibility index (Phi) is 6.15. The van der Waals surface area contributed by atoms with Gasteiger partial charge in [-0.25, -0.2) is 0 Å². The minimum absolute atomic E-state index is 0.251. The number of aliphatic hydroxyl groups is 3. The van der Waals surface area contributed by atoms with Crippen LogP contribution in [0.3, 0.4) is 0 Å². The SMILES string of the molecule is O=C(COP(=O)([O-])[O-])C(O)C(O)CCO. The van der Waals surface area contributed by atoms with Crippen molar-refractivity contribution in [3.63, 3.8) is 0 Å². The van der Waals surface area contributed by atoms with Gasteiger partial charge in [-0.1, -0.05) is 0 Å². The quantitative estimate of drug-likeness (QED) is 0.389. The second kappa shape index (κ2) is 6.29. The summed E-state index contributed by atoms with van der Waals surface area (Å²) in [5.41, 5.74) is 0. The molecule has 0 radical (unpaired) electrons. The Labute approximate surface area is 85.4 Å². The summed E-state index contributed by atoms with van der Waals surface area (Å²) < 4.78 is 13.6. The fraction of sp³-hybridized carbons (Fsp3) is 0.833. The molecule has 0 rings (SSSR count). The summed E-state index contributed by atoms with van der Waals surface area (Å²) in [4.78, 5) is 30.8. The third kappa shape index (κ3) is 6.69. The summed E-state index contributed by atoms with van der Waals surface area (Å²) in [6.07, 6.45) is -3.66. The molecule has 15 heavy (non-hydrogen) atoms. The third-order valence-electron chi connectivity index (χ3n) is 1.48. The van der Waals surface area contributed by atoms with E-state index in [1.54, 1.807) is 0 Å². The minimum Gasteiger partial charge on any atom is -0.790 e. The molecule has 0 aromatic heterocycles. The summed E-state index contributed by atoms with van der Waals surface area (Å²) in [5, 5.41) is 26.4. The Hall–Kier alpha value is -0.340. The lowest BCUT2D eigenvalue weighted by molar-refractivity contribution is -0.341. The van der Waals surface area contributed by atoms with Crippen molar-refractivity contribution in [1.82, 2.24) is 0 Å². The number of phosphoric acid groups is 1. The second-order valence-corrected chi connectivity index (χ2v) is 3.86. The summed E-state index contributed by atoms with van der Waals surface area (Å²) in [6.45, 7) is -1.58. The van der Waals surface area contributed by atoms with Crippen LogP contribution in [0.5, 0.6) is 0 Å². The van der Waals surface area contributed by atoms with Gasteiger partial charge in [0, 0.05) is 6.61 Å². The number of hydrogen-bond donors (Lipinski definition) is 3. The van der Waals surface area contributed by atoms with E-state index in [-0.39, 0.29) is 6.42 Å². The van der Waals surface area contributed by atoms with Gasteiger partial charge in [0.25, 0.3) is 0 Å². The van der Waals surface area contributed by atoms with Crippen LogP contribution >= 0.6 is 7.82 Å². The summed E-state index contributed by atoms with van der Waals surface area (Å²) in [7, 11) is -5.27. The lowest BCUT2D eigenvalue weighted by Gasteiger charge is -2.28. The number of hydrogen-bond acceptors (Lipinski definition) is 8. The monoisotopic (exact) mass is 242 g/mol. The van der Waals surface area contributed by atoms with Crippen molar-refractivity contribution < 1.29 is 39.0 Å². The van der Waals surface area contributed by atoms with Crippen molar-refractivity contribution in [2.75, 3.05) is 13.2 Å². The van der Waals surface area contributed by atoms with Crippen LogP contribution in [0.15, 0.2) is 0 Å². The number of rotatable bonds is 7. The summed E-state index contributed by atoms with van der Waals surface area (Å²) >= 11 is 0. The van der Waals surface area contributed by atoms with Crippen LogP contribution in [0.1, 0.15) is 6.42 Å². The van der Waals surface area contributed by atoms with Crippen molar-refractivity contribution in [3.8, 4) is 0 Å². The predicted octanol–water partition coefficient (Wildman–Crippen LogP) is -3.49. The molecule has 0 saturated heterocycles. The lowest BCUT2D eigenvalue weighted by atomic mass is 10.1. The van der Waals surface area contributed by atoms with E-state index in [4.69, 9.17) is 15.3 Å². The maximum absolute atomic E-state index is 10.9. The van der Waals surface area contributed by atoms with Crippen LogP contribution in [-0.2, 0) is 13.9 Å². The molecular formula is C6H11O8P-2. The van der Waals surface area contributed by atoms with E-state index in [1.807, 2.05) is 0 Å². The van der Waals surface area contributed by atoms with Crippen molar-refractivity contribution >= 4 is 13.6 Å². The number of phosphoric ester groups is 1. The highest BCUT2D eigenvalue weighted by Gasteiger charge is 2.23. The molecule has 9 heteroatoms. The molecule has 0 aliphatic rings. The van der Waals surface area contributed by atoms with Crippen LogP contribution in [0.2, 0.25) is 0 Å². The van der Waals surface area contributed by atoms with Gasteiger partial charge in [0.1, 0.15) is 12.7 Å². The summed E-state index contributed by atoms with van der Waals surface area (Å²) in [6, 6.07) is 0. The molecule has 2 unspecified atom stereocenters. The van der Waals surface area contributed by atoms with E-state index >= 15 is 0 Å². The first-order valence-electron chi connectivity index (χ1n) is 3.94. The number of carbonyl (C=O) groups excluding carboxylic acids is 1. The zero-order chi connectivity index (χ0) is 12.1. The highest BCUT2D eigenvalue weighted by molar-refractivity contribution is 7.43. The molecule has 90 valence electrons. The highest BCUT2D eigenvalue weighted by atomic mass is 31.2. The molecule has 2 atom stereocenters. The van der Waals surface area contributed by atoms with Crippen LogP contribution in [-0.4, -0.2) is 46.5 Å². The van der Waals surface area contributed by atoms with E-state index < -0.39 is 39.0 Å². The first kappa shape index (κ1) is 14.7. The molecule has 0 saturated carbocycles. The lowest BCUT2D eigenvalue weighted by Crippen LogP contribution is -2.37. The van der Waals surface area contributed by atoms with E-state index in [1.165, 1.54) is 0 Å². The van der Waals surface area contributed by atoms with Crippen LogP contribution in [0.4, 0.5) is 0 Å². The Morgan fingerprint density at radius 2 is 1.93 bits per heavy atom. The van der Waals surface area contributed by atoms with Gasteiger partial charge < -0.3 is 34.2 Å². The maximum Gasteiger partial charge on any atom is 0.189 e. The van der Waals surface area contributed by atoms with Gasteiger partial charge in [-0.15, -0.1) is 0 Å². The van der Waals surface area contributed by atoms with Crippen LogP contribution < -0.4 is 9.79 Å². The molecule has 0 fully saturated rings. The normalized spacial score (nSPS) is 16.1. The molecule has 0 spiro atoms. The number of aliphatic hydroxyl groups excluding tert-OH is 3. The topological polar surface area (TPSA) is 150 Å². The van der Waals surface area contributed by atoms with Crippen molar-refractivity contribution in [1.29, 1.82) is 0 Å². The van der Waals surface area contributed by atoms with Crippen molar-refractivity contribution in [2.24, 2.45) is 0 Å². The molecule has 0 bridgehead atoms. The maximum atomic E-state index is 10.9. The smallest absolute Gasteiger partial charge is 0.189 e. The Bertz CT molecular complexity index is 248. The molecule has 0 aromatic carbocycles. The second-order valence-electron chi connectivity index (χ2n) is 2.71. The van der Waals surface area contributed by atoms with Crippen LogP contribution in [0.25, 0.3) is 0 Å². The molecule has 3 N–H and O–H groups in total. The molecule has 0 amide bonds. The zero-order valence-electron chi connectivity index (χ0n) is 7.61. The van der Waals surface area contributed by atoms with Crippen molar-refractivity contribution in [2.45, 2.75) is 18.6 Å².